The van der Waals surface area contributed by atoms with E-state index in [-0.39, 0.29) is 23.6 Å². The molecule has 2 bridgehead atoms. The number of nitrogens with zero attached hydrogens (tertiary/aromatic N) is 1. The molecular formula is C15H21N3O3. The summed E-state index contributed by atoms with van der Waals surface area (Å²) in [6.07, 6.45) is 2.29. The summed E-state index contributed by atoms with van der Waals surface area (Å²) >= 11 is 0. The Balaban J connectivity index is 1.66. The molecule has 0 spiro atoms. The number of rotatable bonds is 3. The number of piperidine rings is 3. The van der Waals surface area contributed by atoms with Crippen molar-refractivity contribution in [1.82, 2.24) is 10.2 Å². The molecule has 3 aliphatic heterocycles. The van der Waals surface area contributed by atoms with Gasteiger partial charge < -0.3 is 9.73 Å². The van der Waals surface area contributed by atoms with E-state index >= 15 is 0 Å². The third kappa shape index (κ3) is 2.81. The van der Waals surface area contributed by atoms with Gasteiger partial charge in [-0.1, -0.05) is 0 Å². The van der Waals surface area contributed by atoms with Gasteiger partial charge in [0.2, 0.25) is 5.91 Å². The van der Waals surface area contributed by atoms with E-state index in [0.717, 1.165) is 25.9 Å². The Bertz CT molecular complexity index is 544. The quantitative estimate of drug-likeness (QED) is 0.884. The second kappa shape index (κ2) is 5.52. The molecule has 2 unspecified atom stereocenters. The van der Waals surface area contributed by atoms with Crippen molar-refractivity contribution in [3.8, 4) is 0 Å². The first-order valence-corrected chi connectivity index (χ1v) is 7.47. The van der Waals surface area contributed by atoms with Crippen molar-refractivity contribution < 1.29 is 14.0 Å². The molecule has 6 nitrogen and oxygen atoms in total. The Morgan fingerprint density at radius 1 is 1.29 bits per heavy atom. The van der Waals surface area contributed by atoms with Crippen molar-refractivity contribution in [3.63, 3.8) is 0 Å². The molecule has 2 N–H and O–H groups in total. The van der Waals surface area contributed by atoms with E-state index in [1.165, 1.54) is 6.92 Å². The number of amides is 2. The highest BCUT2D eigenvalue weighted by atomic mass is 16.4. The molecule has 0 saturated carbocycles. The Morgan fingerprint density at radius 3 is 2.62 bits per heavy atom. The van der Waals surface area contributed by atoms with Gasteiger partial charge in [-0.25, -0.2) is 0 Å². The van der Waals surface area contributed by atoms with Crippen molar-refractivity contribution in [1.29, 1.82) is 0 Å². The van der Waals surface area contributed by atoms with Gasteiger partial charge in [-0.15, -0.1) is 0 Å². The van der Waals surface area contributed by atoms with Gasteiger partial charge in [0.15, 0.2) is 11.6 Å². The summed E-state index contributed by atoms with van der Waals surface area (Å²) in [5.41, 5.74) is 0. The fourth-order valence-electron chi connectivity index (χ4n) is 3.47. The lowest BCUT2D eigenvalue weighted by atomic mass is 9.79. The Kier molecular flexibility index (Phi) is 3.71. The van der Waals surface area contributed by atoms with Crippen LogP contribution >= 0.6 is 0 Å². The first kappa shape index (κ1) is 14.1. The molecule has 2 amide bonds. The molecule has 3 saturated heterocycles. The average molecular weight is 291 g/mol. The molecule has 114 valence electrons. The van der Waals surface area contributed by atoms with Gasteiger partial charge in [-0.05, 0) is 44.8 Å². The van der Waals surface area contributed by atoms with E-state index in [1.807, 2.05) is 0 Å². The summed E-state index contributed by atoms with van der Waals surface area (Å²) in [4.78, 5) is 25.7. The number of fused-ring (bicyclic) bond motifs is 3. The molecule has 0 aromatic carbocycles. The number of furan rings is 1. The first-order chi connectivity index (χ1) is 10.0. The second-order valence-corrected chi connectivity index (χ2v) is 5.96. The summed E-state index contributed by atoms with van der Waals surface area (Å²) in [6.45, 7) is 5.83. The Labute approximate surface area is 123 Å². The van der Waals surface area contributed by atoms with Gasteiger partial charge >= 0.3 is 0 Å². The number of anilines is 1. The molecule has 3 fully saturated rings. The monoisotopic (exact) mass is 291 g/mol. The van der Waals surface area contributed by atoms with Crippen LogP contribution in [0.3, 0.4) is 0 Å². The van der Waals surface area contributed by atoms with E-state index in [9.17, 15) is 9.59 Å². The largest absolute Gasteiger partial charge is 0.435 e. The Hall–Kier alpha value is -1.82. The lowest BCUT2D eigenvalue weighted by Crippen LogP contribution is -2.62. The van der Waals surface area contributed by atoms with Crippen LogP contribution in [0.15, 0.2) is 16.5 Å². The number of hydrogen-bond donors (Lipinski definition) is 2. The van der Waals surface area contributed by atoms with Crippen LogP contribution in [0.4, 0.5) is 5.88 Å². The maximum absolute atomic E-state index is 12.3. The molecule has 1 aromatic heterocycles. The van der Waals surface area contributed by atoms with E-state index in [4.69, 9.17) is 4.42 Å². The van der Waals surface area contributed by atoms with E-state index in [1.54, 1.807) is 12.1 Å². The zero-order valence-corrected chi connectivity index (χ0v) is 12.4. The minimum absolute atomic E-state index is 0.175. The van der Waals surface area contributed by atoms with Crippen molar-refractivity contribution in [2.24, 2.45) is 5.92 Å². The standard InChI is InChI=1S/C15H21N3O3/c1-9-14(11-5-7-18(9)8-6-11)17-15(20)12-3-4-13(21-12)16-10(2)19/h3-4,9,11,14H,5-8H2,1-2H3,(H,16,19)(H,17,20). The molecule has 4 rings (SSSR count). The second-order valence-electron chi connectivity index (χ2n) is 5.96. The first-order valence-electron chi connectivity index (χ1n) is 7.47. The predicted molar refractivity (Wildman–Crippen MR) is 78.0 cm³/mol. The highest BCUT2D eigenvalue weighted by molar-refractivity contribution is 5.93. The average Bonchev–Trinajstić information content (AvgIpc) is 2.91. The maximum Gasteiger partial charge on any atom is 0.287 e. The summed E-state index contributed by atoms with van der Waals surface area (Å²) in [5.74, 6) is 0.662. The molecule has 1 aromatic rings. The highest BCUT2D eigenvalue weighted by Gasteiger charge is 2.40. The third-order valence-electron chi connectivity index (χ3n) is 4.60. The Morgan fingerprint density at radius 2 is 2.00 bits per heavy atom. The van der Waals surface area contributed by atoms with Gasteiger partial charge in [-0.2, -0.15) is 0 Å². The molecule has 4 heterocycles. The molecule has 0 radical (unpaired) electrons. The molecule has 2 atom stereocenters. The molecule has 6 heteroatoms. The normalized spacial score (nSPS) is 31.0. The molecule has 0 aliphatic carbocycles. The van der Waals surface area contributed by atoms with Crippen LogP contribution in [0.25, 0.3) is 0 Å². The van der Waals surface area contributed by atoms with Gasteiger partial charge in [-0.3, -0.25) is 19.8 Å². The predicted octanol–water partition coefficient (Wildman–Crippen LogP) is 1.45. The molecular weight excluding hydrogens is 270 g/mol. The number of nitrogens with one attached hydrogen (secondary N) is 2. The van der Waals surface area contributed by atoms with Crippen LogP contribution in [0, 0.1) is 5.92 Å². The van der Waals surface area contributed by atoms with Crippen LogP contribution < -0.4 is 10.6 Å². The van der Waals surface area contributed by atoms with Crippen LogP contribution in [0.5, 0.6) is 0 Å². The zero-order chi connectivity index (χ0) is 15.0. The van der Waals surface area contributed by atoms with Crippen LogP contribution in [-0.4, -0.2) is 41.9 Å². The smallest absolute Gasteiger partial charge is 0.287 e. The summed E-state index contributed by atoms with van der Waals surface area (Å²) < 4.78 is 5.36. The van der Waals surface area contributed by atoms with Crippen LogP contribution in [0.2, 0.25) is 0 Å². The highest BCUT2D eigenvalue weighted by Crippen LogP contribution is 2.32. The lowest BCUT2D eigenvalue weighted by Gasteiger charge is -2.49. The summed E-state index contributed by atoms with van der Waals surface area (Å²) in [6, 6.07) is 3.73. The van der Waals surface area contributed by atoms with Gasteiger partial charge in [0.25, 0.3) is 5.91 Å². The SMILES string of the molecule is CC(=O)Nc1ccc(C(=O)NC2C3CCN(CC3)C2C)o1. The zero-order valence-electron chi connectivity index (χ0n) is 12.4. The topological polar surface area (TPSA) is 74.6 Å². The fraction of sp³-hybridized carbons (Fsp3) is 0.600. The van der Waals surface area contributed by atoms with E-state index in [0.29, 0.717) is 17.8 Å². The minimum Gasteiger partial charge on any atom is -0.435 e. The lowest BCUT2D eigenvalue weighted by molar-refractivity contribution is -0.114. The fourth-order valence-corrected chi connectivity index (χ4v) is 3.47. The number of carbonyl (C=O) groups is 2. The molecule has 3 aliphatic rings. The van der Waals surface area contributed by atoms with Gasteiger partial charge in [0, 0.05) is 25.1 Å². The van der Waals surface area contributed by atoms with Crippen molar-refractivity contribution >= 4 is 17.7 Å². The van der Waals surface area contributed by atoms with Gasteiger partial charge in [0.05, 0.1) is 0 Å². The minimum atomic E-state index is -0.220. The summed E-state index contributed by atoms with van der Waals surface area (Å²) in [5, 5.41) is 5.62. The van der Waals surface area contributed by atoms with E-state index < -0.39 is 0 Å². The number of carbonyl (C=O) groups excluding carboxylic acids is 2. The summed E-state index contributed by atoms with van der Waals surface area (Å²) in [7, 11) is 0. The van der Waals surface area contributed by atoms with Crippen molar-refractivity contribution in [3.05, 3.63) is 17.9 Å². The van der Waals surface area contributed by atoms with Crippen LogP contribution in [0.1, 0.15) is 37.2 Å². The molecule has 21 heavy (non-hydrogen) atoms. The maximum atomic E-state index is 12.3. The van der Waals surface area contributed by atoms with E-state index in [2.05, 4.69) is 22.5 Å². The third-order valence-corrected chi connectivity index (χ3v) is 4.60. The van der Waals surface area contributed by atoms with Crippen LogP contribution in [-0.2, 0) is 4.79 Å². The van der Waals surface area contributed by atoms with Crippen molar-refractivity contribution in [2.45, 2.75) is 38.8 Å². The van der Waals surface area contributed by atoms with Gasteiger partial charge in [0.1, 0.15) is 0 Å². The number of hydrogen-bond acceptors (Lipinski definition) is 4. The van der Waals surface area contributed by atoms with Crippen molar-refractivity contribution in [2.75, 3.05) is 18.4 Å².